The number of pyridine rings is 1. The number of hydrogen-bond acceptors (Lipinski definition) is 9. The van der Waals surface area contributed by atoms with E-state index in [1.165, 1.54) is 11.9 Å². The third kappa shape index (κ3) is 5.45. The van der Waals surface area contributed by atoms with E-state index in [9.17, 15) is 26.3 Å². The topological polar surface area (TPSA) is 102 Å². The van der Waals surface area contributed by atoms with Gasteiger partial charge in [0.05, 0.1) is 23.8 Å². The maximum Gasteiger partial charge on any atom is 0.417 e. The van der Waals surface area contributed by atoms with Crippen molar-refractivity contribution in [2.45, 2.75) is 69.9 Å². The van der Waals surface area contributed by atoms with E-state index in [1.54, 1.807) is 6.92 Å². The van der Waals surface area contributed by atoms with Crippen molar-refractivity contribution in [1.82, 2.24) is 25.2 Å². The fourth-order valence-corrected chi connectivity index (χ4v) is 6.45. The average molecular weight is 644 g/mol. The summed E-state index contributed by atoms with van der Waals surface area (Å²) in [6.45, 7) is 4.79. The molecule has 0 aliphatic carbocycles. The van der Waals surface area contributed by atoms with Crippen molar-refractivity contribution in [1.29, 1.82) is 0 Å². The number of fused-ring (bicyclic) bond motifs is 2. The number of likely N-dealkylation sites (tertiary alicyclic amines) is 1. The van der Waals surface area contributed by atoms with Gasteiger partial charge in [-0.2, -0.15) is 23.1 Å². The Hall–Kier alpha value is -3.66. The molecular formula is C29H32F7N7O2. The number of halogens is 7. The van der Waals surface area contributed by atoms with Crippen molar-refractivity contribution >= 4 is 22.4 Å². The number of anilines is 2. The van der Waals surface area contributed by atoms with Crippen molar-refractivity contribution in [2.75, 3.05) is 43.9 Å². The summed E-state index contributed by atoms with van der Waals surface area (Å²) >= 11 is 0. The van der Waals surface area contributed by atoms with Gasteiger partial charge in [-0.05, 0) is 38.9 Å². The molecule has 2 saturated heterocycles. The molecule has 0 radical (unpaired) electrons. The van der Waals surface area contributed by atoms with Crippen LogP contribution in [0.5, 0.6) is 11.9 Å². The van der Waals surface area contributed by atoms with E-state index in [4.69, 9.17) is 15.2 Å². The molecule has 0 spiro atoms. The molecule has 3 aromatic rings. The van der Waals surface area contributed by atoms with Crippen molar-refractivity contribution < 1.29 is 40.2 Å². The number of ether oxygens (including phenoxy) is 2. The number of alkyl halides is 5. The lowest BCUT2D eigenvalue weighted by Crippen LogP contribution is -2.60. The fourth-order valence-electron chi connectivity index (χ4n) is 6.45. The number of nitrogens with one attached hydrogen (secondary N) is 1. The molecule has 3 aliphatic rings. The Balaban J connectivity index is 1.57. The largest absolute Gasteiger partial charge is 0.472 e. The third-order valence-electron chi connectivity index (χ3n) is 8.86. The molecule has 5 heterocycles. The highest BCUT2D eigenvalue weighted by Gasteiger charge is 2.44. The fraction of sp³-hybridized carbons (Fsp3) is 0.552. The van der Waals surface area contributed by atoms with Gasteiger partial charge in [-0.25, -0.2) is 22.5 Å². The summed E-state index contributed by atoms with van der Waals surface area (Å²) in [5.41, 5.74) is 0.760. The number of rotatable bonds is 5. The van der Waals surface area contributed by atoms with E-state index in [0.29, 0.717) is 19.2 Å². The molecule has 2 aromatic heterocycles. The summed E-state index contributed by atoms with van der Waals surface area (Å²) in [7, 11) is 1.53. The minimum absolute atomic E-state index is 0.0135. The summed E-state index contributed by atoms with van der Waals surface area (Å²) < 4.78 is 114. The molecule has 2 fully saturated rings. The van der Waals surface area contributed by atoms with Crippen molar-refractivity contribution in [3.05, 3.63) is 28.8 Å². The SMILES string of the molecule is CC[C@@H]1CN2c3nc(OC[C@@H]4CC(F)(F)CN4C)nc4c(F)c(-c5cc(N)c(F)c(C)c5C(F)(F)F)nc(c34)O[C@@H](C)[C@@H]2CN1. The Morgan fingerprint density at radius 2 is 1.91 bits per heavy atom. The molecule has 6 rings (SSSR count). The zero-order valence-electron chi connectivity index (χ0n) is 24.9. The van der Waals surface area contributed by atoms with Crippen molar-refractivity contribution in [3.8, 4) is 23.1 Å². The molecule has 0 saturated carbocycles. The zero-order valence-corrected chi connectivity index (χ0v) is 24.9. The van der Waals surface area contributed by atoms with E-state index in [1.807, 2.05) is 11.8 Å². The third-order valence-corrected chi connectivity index (χ3v) is 8.86. The standard InChI is InChI=1S/C29H32F7N7O2/c1-5-14-9-43-18(8-38-14)13(3)45-26-19-24(40-27(41-25(19)43)44-10-15-7-28(32,33)11-42(15)4)22(31)23(39-26)16-6-17(37)21(30)12(2)20(16)29(34,35)36/h6,13-15,18,38H,5,7-11,37H2,1-4H3/t13-,14+,15-,18-/m0/s1. The summed E-state index contributed by atoms with van der Waals surface area (Å²) in [5.74, 6) is -5.50. The number of nitrogens with two attached hydrogens (primary N) is 1. The number of likely N-dealkylation sites (N-methyl/N-ethyl adjacent to an activating group) is 1. The highest BCUT2D eigenvalue weighted by Crippen LogP contribution is 2.46. The molecule has 0 bridgehead atoms. The van der Waals surface area contributed by atoms with Crippen molar-refractivity contribution in [3.63, 3.8) is 0 Å². The first-order valence-corrected chi connectivity index (χ1v) is 14.5. The number of aromatic nitrogens is 3. The molecule has 4 atom stereocenters. The molecule has 0 amide bonds. The average Bonchev–Trinajstić information content (AvgIpc) is 3.18. The van der Waals surface area contributed by atoms with Crippen LogP contribution < -0.4 is 25.4 Å². The van der Waals surface area contributed by atoms with Crippen LogP contribution in [0.25, 0.3) is 22.2 Å². The first-order chi connectivity index (χ1) is 21.1. The van der Waals surface area contributed by atoms with Gasteiger partial charge < -0.3 is 25.4 Å². The molecule has 3 N–H and O–H groups in total. The second kappa shape index (κ2) is 11.0. The van der Waals surface area contributed by atoms with Gasteiger partial charge in [0.25, 0.3) is 5.92 Å². The van der Waals surface area contributed by atoms with Gasteiger partial charge in [-0.3, -0.25) is 4.90 Å². The van der Waals surface area contributed by atoms with Gasteiger partial charge in [0.15, 0.2) is 5.82 Å². The molecular weight excluding hydrogens is 611 g/mol. The smallest absolute Gasteiger partial charge is 0.417 e. The summed E-state index contributed by atoms with van der Waals surface area (Å²) in [5, 5.41) is 3.44. The van der Waals surface area contributed by atoms with Crippen LogP contribution in [0.15, 0.2) is 6.07 Å². The Morgan fingerprint density at radius 1 is 1.18 bits per heavy atom. The lowest BCUT2D eigenvalue weighted by atomic mass is 9.96. The predicted octanol–water partition coefficient (Wildman–Crippen LogP) is 4.94. The summed E-state index contributed by atoms with van der Waals surface area (Å²) in [6.07, 6.45) is -5.41. The van der Waals surface area contributed by atoms with Gasteiger partial charge in [-0.1, -0.05) is 6.92 Å². The van der Waals surface area contributed by atoms with E-state index >= 15 is 4.39 Å². The summed E-state index contributed by atoms with van der Waals surface area (Å²) in [4.78, 5) is 16.3. The highest BCUT2D eigenvalue weighted by molar-refractivity contribution is 5.97. The van der Waals surface area contributed by atoms with E-state index in [2.05, 4.69) is 20.3 Å². The van der Waals surface area contributed by atoms with Gasteiger partial charge in [0, 0.05) is 37.2 Å². The molecule has 0 unspecified atom stereocenters. The van der Waals surface area contributed by atoms with Crippen LogP contribution in [0, 0.1) is 18.6 Å². The first kappa shape index (κ1) is 31.3. The molecule has 1 aromatic carbocycles. The Morgan fingerprint density at radius 3 is 2.56 bits per heavy atom. The van der Waals surface area contributed by atoms with Crippen LogP contribution in [0.3, 0.4) is 0 Å². The summed E-state index contributed by atoms with van der Waals surface area (Å²) in [6, 6.07) is -0.687. The second-order valence-electron chi connectivity index (χ2n) is 12.0. The zero-order chi connectivity index (χ0) is 32.6. The highest BCUT2D eigenvalue weighted by atomic mass is 19.4. The molecule has 3 aliphatic heterocycles. The Kier molecular flexibility index (Phi) is 7.66. The quantitative estimate of drug-likeness (QED) is 0.296. The predicted molar refractivity (Wildman–Crippen MR) is 152 cm³/mol. The Labute approximate surface area is 253 Å². The van der Waals surface area contributed by atoms with Gasteiger partial charge in [0.2, 0.25) is 5.88 Å². The number of nitrogen functional groups attached to an aromatic ring is 1. The van der Waals surface area contributed by atoms with Crippen LogP contribution in [0.4, 0.5) is 42.2 Å². The maximum absolute atomic E-state index is 16.6. The van der Waals surface area contributed by atoms with Gasteiger partial charge >= 0.3 is 12.2 Å². The van der Waals surface area contributed by atoms with Crippen LogP contribution in [0.1, 0.15) is 37.8 Å². The molecule has 16 heteroatoms. The van der Waals surface area contributed by atoms with E-state index in [0.717, 1.165) is 13.3 Å². The minimum atomic E-state index is -5.10. The number of benzene rings is 1. The Bertz CT molecular complexity index is 1650. The van der Waals surface area contributed by atoms with Crippen LogP contribution in [-0.2, 0) is 6.18 Å². The van der Waals surface area contributed by atoms with Crippen molar-refractivity contribution in [2.24, 2.45) is 0 Å². The molecule has 244 valence electrons. The van der Waals surface area contributed by atoms with Gasteiger partial charge in [0.1, 0.15) is 40.9 Å². The maximum atomic E-state index is 16.6. The normalized spacial score (nSPS) is 24.8. The molecule has 45 heavy (non-hydrogen) atoms. The second-order valence-corrected chi connectivity index (χ2v) is 12.0. The van der Waals surface area contributed by atoms with Gasteiger partial charge in [-0.15, -0.1) is 0 Å². The first-order valence-electron chi connectivity index (χ1n) is 14.5. The minimum Gasteiger partial charge on any atom is -0.472 e. The molecule has 9 nitrogen and oxygen atoms in total. The monoisotopic (exact) mass is 643 g/mol. The number of piperazine rings is 1. The van der Waals surface area contributed by atoms with E-state index < -0.39 is 82.4 Å². The van der Waals surface area contributed by atoms with Crippen LogP contribution in [-0.4, -0.2) is 83.3 Å². The number of hydrogen-bond donors (Lipinski definition) is 2. The lowest BCUT2D eigenvalue weighted by molar-refractivity contribution is -0.137. The van der Waals surface area contributed by atoms with Crippen LogP contribution >= 0.6 is 0 Å². The number of nitrogens with zero attached hydrogens (tertiary/aromatic N) is 5. The lowest BCUT2D eigenvalue weighted by Gasteiger charge is -2.42. The van der Waals surface area contributed by atoms with E-state index in [-0.39, 0.29) is 41.8 Å². The van der Waals surface area contributed by atoms with Crippen LogP contribution in [0.2, 0.25) is 0 Å².